The first-order valence-corrected chi connectivity index (χ1v) is 7.72. The molecule has 0 radical (unpaired) electrons. The average Bonchev–Trinajstić information content (AvgIpc) is 3.02. The van der Waals surface area contributed by atoms with Gasteiger partial charge in [0.2, 0.25) is 5.91 Å². The standard InChI is InChI=1S/C14H20N2O2S/c1-16-8-10-5-11(18-13(10)9-16)6-14(17)15-7-12-3-2-4-19-12/h2-4,10-11,13H,5-9H2,1H3,(H,15,17)/t10-,11+,13+/m0/s1. The Labute approximate surface area is 117 Å². The summed E-state index contributed by atoms with van der Waals surface area (Å²) in [6.45, 7) is 2.76. The molecule has 2 aliphatic heterocycles. The van der Waals surface area contributed by atoms with Gasteiger partial charge in [0.15, 0.2) is 0 Å². The lowest BCUT2D eigenvalue weighted by molar-refractivity contribution is -0.123. The van der Waals surface area contributed by atoms with Crippen molar-refractivity contribution in [2.75, 3.05) is 20.1 Å². The zero-order valence-corrected chi connectivity index (χ0v) is 12.0. The van der Waals surface area contributed by atoms with Crippen molar-refractivity contribution in [1.82, 2.24) is 10.2 Å². The molecule has 4 nitrogen and oxygen atoms in total. The van der Waals surface area contributed by atoms with Crippen LogP contribution in [0.5, 0.6) is 0 Å². The van der Waals surface area contributed by atoms with Crippen molar-refractivity contribution in [3.63, 3.8) is 0 Å². The molecule has 2 aliphatic rings. The first-order chi connectivity index (χ1) is 9.20. The molecular formula is C14H20N2O2S. The number of carbonyl (C=O) groups is 1. The molecule has 104 valence electrons. The van der Waals surface area contributed by atoms with Crippen molar-refractivity contribution < 1.29 is 9.53 Å². The van der Waals surface area contributed by atoms with Gasteiger partial charge in [0.1, 0.15) is 0 Å². The Morgan fingerprint density at radius 1 is 1.58 bits per heavy atom. The number of hydrogen-bond donors (Lipinski definition) is 1. The second-order valence-corrected chi connectivity index (χ2v) is 6.61. The highest BCUT2D eigenvalue weighted by Crippen LogP contribution is 2.33. The maximum Gasteiger partial charge on any atom is 0.222 e. The number of thiophene rings is 1. The molecule has 2 fully saturated rings. The number of amides is 1. The number of likely N-dealkylation sites (tertiary alicyclic amines) is 1. The number of likely N-dealkylation sites (N-methyl/N-ethyl adjacent to an activating group) is 1. The number of nitrogens with one attached hydrogen (secondary N) is 1. The topological polar surface area (TPSA) is 41.6 Å². The molecule has 5 heteroatoms. The fourth-order valence-corrected chi connectivity index (χ4v) is 3.72. The second-order valence-electron chi connectivity index (χ2n) is 5.57. The van der Waals surface area contributed by atoms with Gasteiger partial charge in [-0.2, -0.15) is 0 Å². The number of hydrogen-bond acceptors (Lipinski definition) is 4. The van der Waals surface area contributed by atoms with Gasteiger partial charge < -0.3 is 15.0 Å². The second kappa shape index (κ2) is 5.61. The van der Waals surface area contributed by atoms with E-state index in [0.717, 1.165) is 19.5 Å². The lowest BCUT2D eigenvalue weighted by Crippen LogP contribution is -2.28. The van der Waals surface area contributed by atoms with E-state index in [4.69, 9.17) is 4.74 Å². The predicted octanol–water partition coefficient (Wildman–Crippen LogP) is 1.47. The van der Waals surface area contributed by atoms with E-state index >= 15 is 0 Å². The highest BCUT2D eigenvalue weighted by molar-refractivity contribution is 7.09. The number of ether oxygens (including phenoxy) is 1. The Bertz CT molecular complexity index is 421. The van der Waals surface area contributed by atoms with Crippen molar-refractivity contribution in [3.8, 4) is 0 Å². The van der Waals surface area contributed by atoms with Gasteiger partial charge in [-0.05, 0) is 24.9 Å². The van der Waals surface area contributed by atoms with E-state index < -0.39 is 0 Å². The van der Waals surface area contributed by atoms with Crippen molar-refractivity contribution in [1.29, 1.82) is 0 Å². The van der Waals surface area contributed by atoms with Crippen LogP contribution in [0.25, 0.3) is 0 Å². The van der Waals surface area contributed by atoms with Crippen LogP contribution in [0, 0.1) is 5.92 Å². The van der Waals surface area contributed by atoms with Crippen molar-refractivity contribution in [2.45, 2.75) is 31.6 Å². The van der Waals surface area contributed by atoms with Gasteiger partial charge >= 0.3 is 0 Å². The molecule has 0 aromatic carbocycles. The highest BCUT2D eigenvalue weighted by Gasteiger charge is 2.41. The maximum atomic E-state index is 11.9. The molecule has 1 aromatic rings. The third-order valence-corrected chi connectivity index (χ3v) is 4.83. The van der Waals surface area contributed by atoms with E-state index in [1.165, 1.54) is 4.88 Å². The molecule has 2 saturated heterocycles. The summed E-state index contributed by atoms with van der Waals surface area (Å²) in [7, 11) is 2.13. The Morgan fingerprint density at radius 2 is 2.47 bits per heavy atom. The summed E-state index contributed by atoms with van der Waals surface area (Å²) in [4.78, 5) is 15.4. The lowest BCUT2D eigenvalue weighted by Gasteiger charge is -2.14. The van der Waals surface area contributed by atoms with Gasteiger partial charge in [-0.15, -0.1) is 11.3 Å². The molecule has 1 aromatic heterocycles. The van der Waals surface area contributed by atoms with Crippen LogP contribution in [0.4, 0.5) is 0 Å². The fraction of sp³-hybridized carbons (Fsp3) is 0.643. The Hall–Kier alpha value is -0.910. The highest BCUT2D eigenvalue weighted by atomic mass is 32.1. The molecule has 0 bridgehead atoms. The third kappa shape index (κ3) is 3.16. The Balaban J connectivity index is 1.41. The minimum atomic E-state index is 0.103. The maximum absolute atomic E-state index is 11.9. The van der Waals surface area contributed by atoms with Gasteiger partial charge in [0.05, 0.1) is 25.2 Å². The first-order valence-electron chi connectivity index (χ1n) is 6.84. The Morgan fingerprint density at radius 3 is 3.21 bits per heavy atom. The fourth-order valence-electron chi connectivity index (χ4n) is 3.08. The van der Waals surface area contributed by atoms with Crippen LogP contribution >= 0.6 is 11.3 Å². The minimum absolute atomic E-state index is 0.103. The van der Waals surface area contributed by atoms with Crippen molar-refractivity contribution in [2.24, 2.45) is 5.92 Å². The van der Waals surface area contributed by atoms with E-state index in [9.17, 15) is 4.79 Å². The monoisotopic (exact) mass is 280 g/mol. The molecular weight excluding hydrogens is 260 g/mol. The molecule has 3 heterocycles. The average molecular weight is 280 g/mol. The SMILES string of the molecule is CN1C[C@@H]2C[C@H](CC(=O)NCc3cccs3)O[C@@H]2C1. The quantitative estimate of drug-likeness (QED) is 0.908. The zero-order chi connectivity index (χ0) is 13.2. The molecule has 19 heavy (non-hydrogen) atoms. The van der Waals surface area contributed by atoms with E-state index in [0.29, 0.717) is 25.0 Å². The van der Waals surface area contributed by atoms with E-state index in [2.05, 4.69) is 17.3 Å². The molecule has 1 amide bonds. The summed E-state index contributed by atoms with van der Waals surface area (Å²) in [5.74, 6) is 0.729. The first kappa shape index (κ1) is 13.1. The van der Waals surface area contributed by atoms with Crippen LogP contribution in [-0.4, -0.2) is 43.2 Å². The summed E-state index contributed by atoms with van der Waals surface area (Å²) in [6, 6.07) is 4.04. The molecule has 0 spiro atoms. The minimum Gasteiger partial charge on any atom is -0.373 e. The van der Waals surface area contributed by atoms with Crippen LogP contribution in [-0.2, 0) is 16.1 Å². The smallest absolute Gasteiger partial charge is 0.222 e. The van der Waals surface area contributed by atoms with Crippen LogP contribution in [0.2, 0.25) is 0 Å². The van der Waals surface area contributed by atoms with E-state index in [1.807, 2.05) is 17.5 Å². The number of nitrogens with zero attached hydrogens (tertiary/aromatic N) is 1. The molecule has 0 saturated carbocycles. The predicted molar refractivity (Wildman–Crippen MR) is 75.0 cm³/mol. The molecule has 1 N–H and O–H groups in total. The number of fused-ring (bicyclic) bond motifs is 1. The summed E-state index contributed by atoms with van der Waals surface area (Å²) in [6.07, 6.45) is 2.00. The van der Waals surface area contributed by atoms with Crippen molar-refractivity contribution in [3.05, 3.63) is 22.4 Å². The zero-order valence-electron chi connectivity index (χ0n) is 11.2. The van der Waals surface area contributed by atoms with Gasteiger partial charge in [0.25, 0.3) is 0 Å². The van der Waals surface area contributed by atoms with E-state index in [-0.39, 0.29) is 12.0 Å². The van der Waals surface area contributed by atoms with Gasteiger partial charge in [-0.1, -0.05) is 6.07 Å². The van der Waals surface area contributed by atoms with Crippen LogP contribution < -0.4 is 5.32 Å². The molecule has 0 aliphatic carbocycles. The third-order valence-electron chi connectivity index (χ3n) is 3.95. The molecule has 0 unspecified atom stereocenters. The molecule has 3 rings (SSSR count). The lowest BCUT2D eigenvalue weighted by atomic mass is 10.0. The van der Waals surface area contributed by atoms with E-state index in [1.54, 1.807) is 11.3 Å². The Kier molecular flexibility index (Phi) is 3.86. The normalized spacial score (nSPS) is 30.5. The summed E-state index contributed by atoms with van der Waals surface area (Å²) in [5, 5.41) is 4.99. The summed E-state index contributed by atoms with van der Waals surface area (Å²) in [5.41, 5.74) is 0. The van der Waals surface area contributed by atoms with Gasteiger partial charge in [-0.25, -0.2) is 0 Å². The number of carbonyl (C=O) groups excluding carboxylic acids is 1. The van der Waals surface area contributed by atoms with Crippen LogP contribution in [0.1, 0.15) is 17.7 Å². The van der Waals surface area contributed by atoms with Crippen LogP contribution in [0.15, 0.2) is 17.5 Å². The van der Waals surface area contributed by atoms with Crippen molar-refractivity contribution >= 4 is 17.2 Å². The molecule has 3 atom stereocenters. The van der Waals surface area contributed by atoms with Gasteiger partial charge in [-0.3, -0.25) is 4.79 Å². The van der Waals surface area contributed by atoms with Gasteiger partial charge in [0, 0.05) is 23.9 Å². The number of rotatable bonds is 4. The summed E-state index contributed by atoms with van der Waals surface area (Å²) < 4.78 is 5.96. The summed E-state index contributed by atoms with van der Waals surface area (Å²) >= 11 is 1.67. The van der Waals surface area contributed by atoms with Crippen LogP contribution in [0.3, 0.4) is 0 Å². The largest absolute Gasteiger partial charge is 0.373 e.